The molecule has 30 heavy (non-hydrogen) atoms. The van der Waals surface area contributed by atoms with Crippen molar-refractivity contribution in [1.29, 1.82) is 0 Å². The molecule has 0 saturated carbocycles. The molecular weight excluding hydrogens is 364 g/mol. The van der Waals surface area contributed by atoms with Gasteiger partial charge in [-0.2, -0.15) is 0 Å². The first-order valence-corrected chi connectivity index (χ1v) is 10.9. The number of fused-ring (bicyclic) bond motifs is 5. The van der Waals surface area contributed by atoms with Gasteiger partial charge in [-0.05, 0) is 66.5 Å². The number of benzene rings is 3. The van der Waals surface area contributed by atoms with Crippen LogP contribution in [0, 0.1) is 20.8 Å². The van der Waals surface area contributed by atoms with E-state index in [-0.39, 0.29) is 0 Å². The van der Waals surface area contributed by atoms with Gasteiger partial charge in [0.1, 0.15) is 7.05 Å². The van der Waals surface area contributed by atoms with E-state index in [2.05, 4.69) is 99.3 Å². The van der Waals surface area contributed by atoms with E-state index >= 15 is 0 Å². The Kier molecular flexibility index (Phi) is 3.38. The van der Waals surface area contributed by atoms with Gasteiger partial charge in [-0.1, -0.05) is 38.1 Å². The van der Waals surface area contributed by atoms with Crippen LogP contribution < -0.4 is 4.57 Å². The molecule has 6 rings (SSSR count). The van der Waals surface area contributed by atoms with Crippen LogP contribution in [0.15, 0.2) is 48.7 Å². The summed E-state index contributed by atoms with van der Waals surface area (Å²) in [4.78, 5) is 0. The summed E-state index contributed by atoms with van der Waals surface area (Å²) >= 11 is 0. The lowest BCUT2D eigenvalue weighted by Gasteiger charge is -2.16. The average molecular weight is 392 g/mol. The van der Waals surface area contributed by atoms with E-state index in [9.17, 15) is 0 Å². The molecule has 3 aromatic heterocycles. The maximum absolute atomic E-state index is 2.56. The van der Waals surface area contributed by atoms with Crippen molar-refractivity contribution in [2.75, 3.05) is 0 Å². The molecule has 0 unspecified atom stereocenters. The highest BCUT2D eigenvalue weighted by Crippen LogP contribution is 2.43. The zero-order valence-corrected chi connectivity index (χ0v) is 18.6. The Balaban J connectivity index is 2.12. The first-order chi connectivity index (χ1) is 14.4. The van der Waals surface area contributed by atoms with Crippen LogP contribution in [0.2, 0.25) is 0 Å². The maximum Gasteiger partial charge on any atom is 0.224 e. The second kappa shape index (κ2) is 5.72. The summed E-state index contributed by atoms with van der Waals surface area (Å²) in [7, 11) is 2.19. The van der Waals surface area contributed by atoms with E-state index in [0.29, 0.717) is 5.92 Å². The van der Waals surface area contributed by atoms with Crippen molar-refractivity contribution in [2.45, 2.75) is 40.5 Å². The zero-order chi connectivity index (χ0) is 20.9. The summed E-state index contributed by atoms with van der Waals surface area (Å²) < 4.78 is 4.87. The van der Waals surface area contributed by atoms with Crippen LogP contribution in [0.1, 0.15) is 42.0 Å². The van der Waals surface area contributed by atoms with Crippen molar-refractivity contribution in [3.63, 3.8) is 0 Å². The van der Waals surface area contributed by atoms with Gasteiger partial charge in [0.15, 0.2) is 6.20 Å². The molecule has 0 radical (unpaired) electrons. The minimum absolute atomic E-state index is 0.489. The summed E-state index contributed by atoms with van der Waals surface area (Å²) in [6, 6.07) is 16.2. The highest BCUT2D eigenvalue weighted by molar-refractivity contribution is 6.26. The molecule has 2 heteroatoms. The monoisotopic (exact) mass is 391 g/mol. The number of rotatable bonds is 1. The number of nitrogens with zero attached hydrogens (tertiary/aromatic N) is 2. The fourth-order valence-corrected chi connectivity index (χ4v) is 5.47. The van der Waals surface area contributed by atoms with E-state index in [1.54, 1.807) is 0 Å². The SMILES string of the molecule is Cc1cc2c3cccc(C)c3n3c4cc(C(C)C)cc5cc[n+](C)c(c(c1C)c23)c54. The molecular formula is C28H27N2+. The Morgan fingerprint density at radius 2 is 1.63 bits per heavy atom. The average Bonchev–Trinajstić information content (AvgIpc) is 3.05. The van der Waals surface area contributed by atoms with Crippen molar-refractivity contribution in [1.82, 2.24) is 4.40 Å². The third kappa shape index (κ3) is 2.01. The predicted molar refractivity (Wildman–Crippen MR) is 128 cm³/mol. The fourth-order valence-electron chi connectivity index (χ4n) is 5.47. The van der Waals surface area contributed by atoms with Gasteiger partial charge in [-0.3, -0.25) is 0 Å². The molecule has 2 nitrogen and oxygen atoms in total. The lowest BCUT2D eigenvalue weighted by Crippen LogP contribution is -2.29. The first kappa shape index (κ1) is 17.7. The molecule has 0 N–H and O–H groups in total. The molecule has 0 fully saturated rings. The van der Waals surface area contributed by atoms with Crippen LogP contribution in [-0.2, 0) is 7.05 Å². The number of pyridine rings is 2. The second-order valence-electron chi connectivity index (χ2n) is 9.33. The Hall–Kier alpha value is -3.13. The summed E-state index contributed by atoms with van der Waals surface area (Å²) in [5, 5.41) is 6.81. The van der Waals surface area contributed by atoms with Crippen LogP contribution in [0.5, 0.6) is 0 Å². The van der Waals surface area contributed by atoms with Crippen LogP contribution in [-0.4, -0.2) is 4.40 Å². The van der Waals surface area contributed by atoms with Gasteiger partial charge in [-0.15, -0.1) is 0 Å². The van der Waals surface area contributed by atoms with E-state index in [1.165, 1.54) is 71.3 Å². The number of aryl methyl sites for hydroxylation is 4. The summed E-state index contributed by atoms with van der Waals surface area (Å²) in [5.41, 5.74) is 10.8. The molecule has 6 aromatic rings. The third-order valence-corrected chi connectivity index (χ3v) is 7.18. The van der Waals surface area contributed by atoms with Gasteiger partial charge in [0.25, 0.3) is 0 Å². The largest absolute Gasteiger partial charge is 0.307 e. The molecule has 0 amide bonds. The molecule has 0 saturated heterocycles. The number of aromatic nitrogens is 2. The Morgan fingerprint density at radius 1 is 0.833 bits per heavy atom. The minimum Gasteiger partial charge on any atom is -0.307 e. The number of hydrogen-bond acceptors (Lipinski definition) is 0. The molecule has 3 heterocycles. The Morgan fingerprint density at radius 3 is 2.40 bits per heavy atom. The lowest BCUT2D eigenvalue weighted by molar-refractivity contribution is -0.643. The molecule has 0 aliphatic carbocycles. The minimum atomic E-state index is 0.489. The molecule has 0 bridgehead atoms. The quantitative estimate of drug-likeness (QED) is 0.164. The van der Waals surface area contributed by atoms with Crippen molar-refractivity contribution in [3.05, 3.63) is 70.9 Å². The fraction of sp³-hybridized carbons (Fsp3) is 0.250. The van der Waals surface area contributed by atoms with Crippen LogP contribution in [0.25, 0.3) is 49.0 Å². The van der Waals surface area contributed by atoms with E-state index in [0.717, 1.165) is 0 Å². The van der Waals surface area contributed by atoms with Crippen molar-refractivity contribution in [3.8, 4) is 0 Å². The smallest absolute Gasteiger partial charge is 0.224 e. The van der Waals surface area contributed by atoms with Crippen LogP contribution >= 0.6 is 0 Å². The van der Waals surface area contributed by atoms with Gasteiger partial charge < -0.3 is 4.40 Å². The number of hydrogen-bond donors (Lipinski definition) is 0. The van der Waals surface area contributed by atoms with E-state index in [4.69, 9.17) is 0 Å². The summed E-state index contributed by atoms with van der Waals surface area (Å²) in [5.74, 6) is 0.489. The molecule has 0 aliphatic rings. The standard InChI is InChI=1S/C28H27N2/c1-15(2)20-13-19-10-11-29(6)28-24-18(5)17(4)12-22-21-9-7-8-16(3)26(21)30(27(22)24)23(14-20)25(19)28/h7-15H,1-6H3/q+1. The van der Waals surface area contributed by atoms with Gasteiger partial charge in [0, 0.05) is 16.8 Å². The topological polar surface area (TPSA) is 8.29 Å². The highest BCUT2D eigenvalue weighted by atomic mass is 15.0. The first-order valence-electron chi connectivity index (χ1n) is 10.9. The summed E-state index contributed by atoms with van der Waals surface area (Å²) in [6.45, 7) is 11.4. The van der Waals surface area contributed by atoms with Gasteiger partial charge >= 0.3 is 0 Å². The van der Waals surface area contributed by atoms with Crippen molar-refractivity contribution in [2.24, 2.45) is 7.05 Å². The molecule has 0 spiro atoms. The van der Waals surface area contributed by atoms with Crippen LogP contribution in [0.3, 0.4) is 0 Å². The second-order valence-corrected chi connectivity index (χ2v) is 9.33. The maximum atomic E-state index is 2.56. The van der Waals surface area contributed by atoms with Gasteiger partial charge in [-0.25, -0.2) is 4.57 Å². The highest BCUT2D eigenvalue weighted by Gasteiger charge is 2.25. The van der Waals surface area contributed by atoms with E-state index in [1.807, 2.05) is 0 Å². The molecule has 0 atom stereocenters. The normalized spacial score (nSPS) is 12.6. The number of para-hydroxylation sites is 1. The molecule has 3 aromatic carbocycles. The van der Waals surface area contributed by atoms with E-state index < -0.39 is 0 Å². The Labute approximate surface area is 176 Å². The molecule has 148 valence electrons. The van der Waals surface area contributed by atoms with Crippen molar-refractivity contribution < 1.29 is 4.57 Å². The third-order valence-electron chi connectivity index (χ3n) is 7.18. The van der Waals surface area contributed by atoms with Crippen LogP contribution in [0.4, 0.5) is 0 Å². The molecule has 0 aliphatic heterocycles. The lowest BCUT2D eigenvalue weighted by atomic mass is 9.94. The van der Waals surface area contributed by atoms with Gasteiger partial charge in [0.2, 0.25) is 5.52 Å². The van der Waals surface area contributed by atoms with Gasteiger partial charge in [0.05, 0.1) is 27.3 Å². The Bertz CT molecular complexity index is 1650. The summed E-state index contributed by atoms with van der Waals surface area (Å²) in [6.07, 6.45) is 2.22. The van der Waals surface area contributed by atoms with Crippen molar-refractivity contribution >= 4 is 49.0 Å². The zero-order valence-electron chi connectivity index (χ0n) is 18.6. The predicted octanol–water partition coefficient (Wildman–Crippen LogP) is 6.86.